The molecule has 0 amide bonds. The number of hydrogen-bond acceptors (Lipinski definition) is 1. The normalized spacial score (nSPS) is 17.4. The van der Waals surface area contributed by atoms with Gasteiger partial charge in [0.05, 0.1) is 0 Å². The minimum absolute atomic E-state index is 0.737. The highest BCUT2D eigenvalue weighted by Gasteiger charge is 2.29. The summed E-state index contributed by atoms with van der Waals surface area (Å²) in [7, 11) is 2.10. The molecule has 1 aliphatic rings. The van der Waals surface area contributed by atoms with E-state index in [1.54, 1.807) is 0 Å². The van der Waals surface area contributed by atoms with Gasteiger partial charge in [-0.15, -0.1) is 0 Å². The molecule has 1 aromatic carbocycles. The summed E-state index contributed by atoms with van der Waals surface area (Å²) in [5.41, 5.74) is 4.28. The maximum absolute atomic E-state index is 3.46. The predicted octanol–water partition coefficient (Wildman–Crippen LogP) is 3.23. The molecule has 2 rings (SSSR count). The summed E-state index contributed by atoms with van der Waals surface area (Å²) in [6, 6.07) is 7.64. The van der Waals surface area contributed by atoms with E-state index in [2.05, 4.69) is 44.4 Å². The van der Waals surface area contributed by atoms with Gasteiger partial charge < -0.3 is 5.32 Å². The van der Waals surface area contributed by atoms with Crippen LogP contribution < -0.4 is 5.32 Å². The van der Waals surface area contributed by atoms with E-state index in [-0.39, 0.29) is 0 Å². The fraction of sp³-hybridized carbons (Fsp3) is 0.600. The molecule has 0 bridgehead atoms. The van der Waals surface area contributed by atoms with Gasteiger partial charge in [0.1, 0.15) is 0 Å². The molecule has 0 aliphatic heterocycles. The number of aryl methyl sites for hydroxylation is 3. The van der Waals surface area contributed by atoms with Gasteiger partial charge in [0.15, 0.2) is 0 Å². The Hall–Kier alpha value is -0.820. The second kappa shape index (κ2) is 5.01. The van der Waals surface area contributed by atoms with Crippen LogP contribution in [0.1, 0.15) is 36.0 Å². The molecule has 1 N–H and O–H groups in total. The third kappa shape index (κ3) is 3.08. The fourth-order valence-corrected chi connectivity index (χ4v) is 2.65. The zero-order valence-corrected chi connectivity index (χ0v) is 10.7. The Morgan fingerprint density at radius 3 is 2.31 bits per heavy atom. The van der Waals surface area contributed by atoms with Crippen molar-refractivity contribution >= 4 is 0 Å². The van der Waals surface area contributed by atoms with Gasteiger partial charge in [-0.05, 0) is 58.1 Å². The van der Waals surface area contributed by atoms with E-state index in [1.807, 2.05) is 0 Å². The lowest BCUT2D eigenvalue weighted by Gasteiger charge is -2.15. The molecule has 1 atom stereocenters. The van der Waals surface area contributed by atoms with E-state index >= 15 is 0 Å². The minimum atomic E-state index is 0.737. The molecule has 1 saturated carbocycles. The highest BCUT2D eigenvalue weighted by Crippen LogP contribution is 2.34. The summed E-state index contributed by atoms with van der Waals surface area (Å²) in [4.78, 5) is 0. The summed E-state index contributed by atoms with van der Waals surface area (Å²) in [5, 5.41) is 3.46. The summed E-state index contributed by atoms with van der Waals surface area (Å²) < 4.78 is 0. The van der Waals surface area contributed by atoms with Crippen molar-refractivity contribution in [2.24, 2.45) is 5.92 Å². The monoisotopic (exact) mass is 217 g/mol. The highest BCUT2D eigenvalue weighted by atomic mass is 14.9. The van der Waals surface area contributed by atoms with Crippen LogP contribution in [0.3, 0.4) is 0 Å². The van der Waals surface area contributed by atoms with E-state index in [0.29, 0.717) is 0 Å². The van der Waals surface area contributed by atoms with Crippen LogP contribution in [0.5, 0.6) is 0 Å². The topological polar surface area (TPSA) is 12.0 Å². The molecule has 0 saturated heterocycles. The zero-order chi connectivity index (χ0) is 11.5. The summed E-state index contributed by atoms with van der Waals surface area (Å²) in [6.07, 6.45) is 5.35. The van der Waals surface area contributed by atoms with Crippen LogP contribution in [0, 0.1) is 19.8 Å². The van der Waals surface area contributed by atoms with Gasteiger partial charge in [-0.2, -0.15) is 0 Å². The lowest BCUT2D eigenvalue weighted by Crippen LogP contribution is -2.27. The first-order valence-corrected chi connectivity index (χ1v) is 6.43. The van der Waals surface area contributed by atoms with E-state index in [9.17, 15) is 0 Å². The van der Waals surface area contributed by atoms with Crippen LogP contribution in [-0.2, 0) is 6.42 Å². The molecule has 1 aliphatic carbocycles. The van der Waals surface area contributed by atoms with Crippen molar-refractivity contribution in [3.8, 4) is 0 Å². The maximum atomic E-state index is 3.46. The van der Waals surface area contributed by atoms with Crippen LogP contribution in [0.2, 0.25) is 0 Å². The van der Waals surface area contributed by atoms with Crippen LogP contribution in [0.4, 0.5) is 0 Å². The summed E-state index contributed by atoms with van der Waals surface area (Å²) in [6.45, 7) is 4.37. The lowest BCUT2D eigenvalue weighted by atomic mass is 9.99. The van der Waals surface area contributed by atoms with Crippen molar-refractivity contribution < 1.29 is 0 Å². The smallest absolute Gasteiger partial charge is 0.00954 e. The molecule has 88 valence electrons. The first-order chi connectivity index (χ1) is 7.69. The SMILES string of the molecule is CNC(CCc1cc(C)cc(C)c1)C1CC1. The number of benzene rings is 1. The molecule has 0 radical (unpaired) electrons. The predicted molar refractivity (Wildman–Crippen MR) is 69.8 cm³/mol. The fourth-order valence-electron chi connectivity index (χ4n) is 2.65. The molecule has 1 heteroatoms. The molecule has 1 nitrogen and oxygen atoms in total. The average molecular weight is 217 g/mol. The van der Waals surface area contributed by atoms with Gasteiger partial charge in [-0.25, -0.2) is 0 Å². The van der Waals surface area contributed by atoms with Crippen molar-refractivity contribution in [3.63, 3.8) is 0 Å². The third-order valence-corrected chi connectivity index (χ3v) is 3.59. The molecular weight excluding hydrogens is 194 g/mol. The van der Waals surface area contributed by atoms with Gasteiger partial charge in [0.2, 0.25) is 0 Å². The van der Waals surface area contributed by atoms with Crippen molar-refractivity contribution in [3.05, 3.63) is 34.9 Å². The molecule has 0 aromatic heterocycles. The first-order valence-electron chi connectivity index (χ1n) is 6.43. The van der Waals surface area contributed by atoms with Crippen LogP contribution in [0.15, 0.2) is 18.2 Å². The van der Waals surface area contributed by atoms with E-state index in [4.69, 9.17) is 0 Å². The molecular formula is C15H23N. The van der Waals surface area contributed by atoms with Gasteiger partial charge in [-0.1, -0.05) is 29.3 Å². The Morgan fingerprint density at radius 2 is 1.81 bits per heavy atom. The molecule has 0 spiro atoms. The Kier molecular flexibility index (Phi) is 3.65. The van der Waals surface area contributed by atoms with Crippen molar-refractivity contribution in [2.75, 3.05) is 7.05 Å². The number of nitrogens with one attached hydrogen (secondary N) is 1. The summed E-state index contributed by atoms with van der Waals surface area (Å²) >= 11 is 0. The maximum Gasteiger partial charge on any atom is 0.00954 e. The van der Waals surface area contributed by atoms with Gasteiger partial charge in [-0.3, -0.25) is 0 Å². The number of rotatable bonds is 5. The summed E-state index contributed by atoms with van der Waals surface area (Å²) in [5.74, 6) is 0.955. The standard InChI is InChI=1S/C15H23N/c1-11-8-12(2)10-13(9-11)4-7-15(16-3)14-5-6-14/h8-10,14-16H,4-7H2,1-3H3. The highest BCUT2D eigenvalue weighted by molar-refractivity contribution is 5.28. The Labute approximate surface area is 99.3 Å². The van der Waals surface area contributed by atoms with E-state index in [0.717, 1.165) is 12.0 Å². The van der Waals surface area contributed by atoms with Crippen LogP contribution >= 0.6 is 0 Å². The van der Waals surface area contributed by atoms with Crippen molar-refractivity contribution in [1.82, 2.24) is 5.32 Å². The first kappa shape index (κ1) is 11.7. The quantitative estimate of drug-likeness (QED) is 0.798. The zero-order valence-electron chi connectivity index (χ0n) is 10.7. The van der Waals surface area contributed by atoms with Gasteiger partial charge in [0.25, 0.3) is 0 Å². The molecule has 1 unspecified atom stereocenters. The number of hydrogen-bond donors (Lipinski definition) is 1. The Bertz CT molecular complexity index is 332. The molecule has 16 heavy (non-hydrogen) atoms. The Balaban J connectivity index is 1.92. The molecule has 0 heterocycles. The molecule has 1 aromatic rings. The van der Waals surface area contributed by atoms with E-state index in [1.165, 1.54) is 42.4 Å². The third-order valence-electron chi connectivity index (χ3n) is 3.59. The molecule has 1 fully saturated rings. The van der Waals surface area contributed by atoms with E-state index < -0.39 is 0 Å². The van der Waals surface area contributed by atoms with Crippen LogP contribution in [0.25, 0.3) is 0 Å². The second-order valence-corrected chi connectivity index (χ2v) is 5.27. The van der Waals surface area contributed by atoms with Gasteiger partial charge in [0, 0.05) is 6.04 Å². The second-order valence-electron chi connectivity index (χ2n) is 5.27. The Morgan fingerprint density at radius 1 is 1.19 bits per heavy atom. The lowest BCUT2D eigenvalue weighted by molar-refractivity contribution is 0.470. The largest absolute Gasteiger partial charge is 0.317 e. The van der Waals surface area contributed by atoms with Crippen molar-refractivity contribution in [1.29, 1.82) is 0 Å². The average Bonchev–Trinajstić information content (AvgIpc) is 3.01. The van der Waals surface area contributed by atoms with Gasteiger partial charge >= 0.3 is 0 Å². The van der Waals surface area contributed by atoms with Crippen LogP contribution in [-0.4, -0.2) is 13.1 Å². The van der Waals surface area contributed by atoms with Crippen molar-refractivity contribution in [2.45, 2.75) is 45.6 Å². The minimum Gasteiger partial charge on any atom is -0.317 e.